The van der Waals surface area contributed by atoms with Crippen LogP contribution in [0.4, 0.5) is 14.5 Å². The molecule has 1 saturated heterocycles. The molecular weight excluding hydrogens is 422 g/mol. The summed E-state index contributed by atoms with van der Waals surface area (Å²) in [5, 5.41) is 4.34. The number of hydrogen-bond donors (Lipinski definition) is 0. The van der Waals surface area contributed by atoms with Crippen molar-refractivity contribution in [2.75, 3.05) is 31.1 Å². The van der Waals surface area contributed by atoms with Crippen LogP contribution in [-0.4, -0.2) is 49.7 Å². The summed E-state index contributed by atoms with van der Waals surface area (Å²) in [5.74, 6) is -1.38. The van der Waals surface area contributed by atoms with E-state index in [0.29, 0.717) is 31.7 Å². The maximum atomic E-state index is 13.8. The smallest absolute Gasteiger partial charge is 0.277 e. The number of rotatable bonds is 5. The van der Waals surface area contributed by atoms with Gasteiger partial charge in [0.1, 0.15) is 11.6 Å². The normalized spacial score (nSPS) is 19.3. The molecule has 31 heavy (non-hydrogen) atoms. The van der Waals surface area contributed by atoms with Crippen LogP contribution in [0.2, 0.25) is 0 Å². The number of piperazine rings is 1. The Bertz CT molecular complexity index is 1010. The third-order valence-corrected chi connectivity index (χ3v) is 7.77. The second kappa shape index (κ2) is 9.16. The zero-order valence-corrected chi connectivity index (χ0v) is 18.7. The van der Waals surface area contributed by atoms with E-state index in [0.717, 1.165) is 54.3 Å². The van der Waals surface area contributed by atoms with Gasteiger partial charge in [-0.1, -0.05) is 12.8 Å². The molecule has 1 aromatic carbocycles. The minimum absolute atomic E-state index is 0.0675. The van der Waals surface area contributed by atoms with Crippen LogP contribution in [0.3, 0.4) is 0 Å². The van der Waals surface area contributed by atoms with Crippen molar-refractivity contribution in [3.8, 4) is 5.69 Å². The van der Waals surface area contributed by atoms with Crippen molar-refractivity contribution in [2.24, 2.45) is 0 Å². The first-order valence-electron chi connectivity index (χ1n) is 10.8. The average Bonchev–Trinajstić information content (AvgIpc) is 3.26. The molecule has 9 heteroatoms. The highest BCUT2D eigenvalue weighted by Crippen LogP contribution is 2.37. The lowest BCUT2D eigenvalue weighted by atomic mass is 9.97. The lowest BCUT2D eigenvalue weighted by molar-refractivity contribution is 0.406. The highest BCUT2D eigenvalue weighted by molar-refractivity contribution is 7.83. The molecular formula is C22H28F2N4O2S. The van der Waals surface area contributed by atoms with Crippen molar-refractivity contribution < 1.29 is 13.0 Å². The van der Waals surface area contributed by atoms with Crippen molar-refractivity contribution in [3.63, 3.8) is 0 Å². The summed E-state index contributed by atoms with van der Waals surface area (Å²) >= 11 is 0. The summed E-state index contributed by atoms with van der Waals surface area (Å²) < 4.78 is 43.0. The molecule has 1 aromatic heterocycles. The van der Waals surface area contributed by atoms with Crippen molar-refractivity contribution >= 4 is 16.7 Å². The lowest BCUT2D eigenvalue weighted by Gasteiger charge is -2.37. The van der Waals surface area contributed by atoms with E-state index in [2.05, 4.69) is 10.00 Å². The zero-order chi connectivity index (χ0) is 22.1. The van der Waals surface area contributed by atoms with Crippen molar-refractivity contribution in [2.45, 2.75) is 50.7 Å². The summed E-state index contributed by atoms with van der Waals surface area (Å²) in [5.41, 5.74) is 1.24. The quantitative estimate of drug-likeness (QED) is 0.701. The van der Waals surface area contributed by atoms with Crippen LogP contribution in [0.5, 0.6) is 0 Å². The van der Waals surface area contributed by atoms with Crippen molar-refractivity contribution in [1.82, 2.24) is 14.1 Å². The third kappa shape index (κ3) is 4.57. The lowest BCUT2D eigenvalue weighted by Crippen LogP contribution is -2.49. The Hall–Kier alpha value is -2.13. The van der Waals surface area contributed by atoms with Crippen LogP contribution >= 0.6 is 0 Å². The van der Waals surface area contributed by atoms with Gasteiger partial charge in [-0.2, -0.15) is 9.78 Å². The largest absolute Gasteiger partial charge is 0.367 e. The van der Waals surface area contributed by atoms with Crippen LogP contribution < -0.4 is 10.5 Å². The minimum atomic E-state index is -1.02. The minimum Gasteiger partial charge on any atom is -0.367 e. The fourth-order valence-electron chi connectivity index (χ4n) is 4.56. The summed E-state index contributed by atoms with van der Waals surface area (Å²) in [6, 6.07) is 3.02. The fourth-order valence-corrected chi connectivity index (χ4v) is 5.68. The summed E-state index contributed by atoms with van der Waals surface area (Å²) in [6.07, 6.45) is 5.60. The molecule has 1 aliphatic carbocycles. The van der Waals surface area contributed by atoms with Gasteiger partial charge in [-0.25, -0.2) is 17.3 Å². The first-order valence-corrected chi connectivity index (χ1v) is 12.0. The van der Waals surface area contributed by atoms with Gasteiger partial charge in [-0.3, -0.25) is 4.79 Å². The molecule has 168 valence electrons. The Morgan fingerprint density at radius 2 is 1.65 bits per heavy atom. The molecule has 6 nitrogen and oxygen atoms in total. The van der Waals surface area contributed by atoms with Crippen molar-refractivity contribution in [3.05, 3.63) is 51.9 Å². The Morgan fingerprint density at radius 3 is 2.23 bits per heavy atom. The first kappa shape index (κ1) is 22.1. The van der Waals surface area contributed by atoms with Gasteiger partial charge in [0.15, 0.2) is 0 Å². The van der Waals surface area contributed by atoms with Crippen LogP contribution in [-0.2, 0) is 11.0 Å². The van der Waals surface area contributed by atoms with Gasteiger partial charge in [-0.15, -0.1) is 0 Å². The van der Waals surface area contributed by atoms with Gasteiger partial charge >= 0.3 is 0 Å². The molecule has 1 saturated carbocycles. The Morgan fingerprint density at radius 1 is 1.03 bits per heavy atom. The second-order valence-electron chi connectivity index (χ2n) is 8.51. The van der Waals surface area contributed by atoms with E-state index in [1.165, 1.54) is 0 Å². The van der Waals surface area contributed by atoms with Gasteiger partial charge in [-0.05, 0) is 44.7 Å². The molecule has 0 N–H and O–H groups in total. The molecule has 2 aromatic rings. The standard InChI is InChI=1S/C22H28F2N4O2S/c1-15(2)31(30)27-9-7-26(8-10-27)20-14-25-28(19-12-17(23)11-18(24)13-19)22(29)21(20)16-5-3-4-6-16/h11-16H,3-10H2,1-2H3. The van der Waals surface area contributed by atoms with Crippen LogP contribution in [0.25, 0.3) is 5.69 Å². The highest BCUT2D eigenvalue weighted by atomic mass is 32.2. The number of anilines is 1. The van der Waals surface area contributed by atoms with E-state index >= 15 is 0 Å². The maximum absolute atomic E-state index is 13.8. The summed E-state index contributed by atoms with van der Waals surface area (Å²) in [4.78, 5) is 15.6. The fraction of sp³-hybridized carbons (Fsp3) is 0.545. The molecule has 0 bridgehead atoms. The Balaban J connectivity index is 1.69. The summed E-state index contributed by atoms with van der Waals surface area (Å²) in [6.45, 7) is 6.48. The van der Waals surface area contributed by atoms with Crippen LogP contribution in [0.1, 0.15) is 51.0 Å². The molecule has 1 unspecified atom stereocenters. The van der Waals surface area contributed by atoms with E-state index in [1.54, 1.807) is 6.20 Å². The monoisotopic (exact) mass is 450 g/mol. The number of nitrogens with zero attached hydrogens (tertiary/aromatic N) is 4. The Kier molecular flexibility index (Phi) is 6.52. The van der Waals surface area contributed by atoms with Crippen LogP contribution in [0, 0.1) is 11.6 Å². The van der Waals surface area contributed by atoms with E-state index in [-0.39, 0.29) is 22.4 Å². The highest BCUT2D eigenvalue weighted by Gasteiger charge is 2.30. The van der Waals surface area contributed by atoms with Gasteiger partial charge in [0, 0.05) is 43.1 Å². The molecule has 4 rings (SSSR count). The second-order valence-corrected chi connectivity index (χ2v) is 10.5. The number of halogens is 2. The molecule has 2 heterocycles. The Labute approximate surface area is 183 Å². The van der Waals surface area contributed by atoms with Gasteiger partial charge in [0.25, 0.3) is 5.56 Å². The van der Waals surface area contributed by atoms with E-state index in [1.807, 2.05) is 18.2 Å². The topological polar surface area (TPSA) is 58.4 Å². The molecule has 0 radical (unpaired) electrons. The van der Waals surface area contributed by atoms with Gasteiger partial charge in [0.2, 0.25) is 0 Å². The summed E-state index contributed by atoms with van der Waals surface area (Å²) in [7, 11) is -1.02. The molecule has 2 aliphatic rings. The van der Waals surface area contributed by atoms with E-state index in [4.69, 9.17) is 0 Å². The molecule has 1 aliphatic heterocycles. The van der Waals surface area contributed by atoms with Gasteiger partial charge in [0.05, 0.1) is 28.6 Å². The zero-order valence-electron chi connectivity index (χ0n) is 17.9. The van der Waals surface area contributed by atoms with E-state index in [9.17, 15) is 17.8 Å². The number of aromatic nitrogens is 2. The van der Waals surface area contributed by atoms with E-state index < -0.39 is 22.6 Å². The number of benzene rings is 1. The number of hydrogen-bond acceptors (Lipinski definition) is 4. The van der Waals surface area contributed by atoms with Gasteiger partial charge < -0.3 is 4.90 Å². The van der Waals surface area contributed by atoms with Crippen molar-refractivity contribution in [1.29, 1.82) is 0 Å². The molecule has 2 fully saturated rings. The SMILES string of the molecule is CC(C)S(=O)N1CCN(c2cnn(-c3cc(F)cc(F)c3)c(=O)c2C2CCCC2)CC1. The predicted molar refractivity (Wildman–Crippen MR) is 118 cm³/mol. The molecule has 0 amide bonds. The third-order valence-electron chi connectivity index (χ3n) is 6.09. The molecule has 1 atom stereocenters. The first-order chi connectivity index (χ1) is 14.8. The molecule has 0 spiro atoms. The predicted octanol–water partition coefficient (Wildman–Crippen LogP) is 3.36. The maximum Gasteiger partial charge on any atom is 0.277 e. The average molecular weight is 451 g/mol. The van der Waals surface area contributed by atoms with Crippen LogP contribution in [0.15, 0.2) is 29.2 Å².